The van der Waals surface area contributed by atoms with Crippen molar-refractivity contribution < 1.29 is 14.3 Å². The van der Waals surface area contributed by atoms with Crippen molar-refractivity contribution in [2.24, 2.45) is 0 Å². The Morgan fingerprint density at radius 2 is 2.06 bits per heavy atom. The van der Waals surface area contributed by atoms with E-state index >= 15 is 0 Å². The summed E-state index contributed by atoms with van der Waals surface area (Å²) in [5, 5.41) is 3.22. The Kier molecular flexibility index (Phi) is 6.04. The average Bonchev–Trinajstić information content (AvgIpc) is 3.41. The predicted octanol–water partition coefficient (Wildman–Crippen LogP) is 5.69. The van der Waals surface area contributed by atoms with E-state index in [4.69, 9.17) is 9.47 Å². The topological polar surface area (TPSA) is 54.6 Å². The molecule has 1 atom stereocenters. The Morgan fingerprint density at radius 3 is 2.81 bits per heavy atom. The van der Waals surface area contributed by atoms with Crippen LogP contribution in [0, 0.1) is 0 Å². The lowest BCUT2D eigenvalue weighted by atomic mass is 9.96. The summed E-state index contributed by atoms with van der Waals surface area (Å²) in [4.78, 5) is 19.9. The molecule has 4 aromatic rings. The number of hydrogen-bond acceptors (Lipinski definition) is 4. The Bertz CT molecular complexity index is 1250. The number of H-pyrrole nitrogens is 1. The lowest BCUT2D eigenvalue weighted by Gasteiger charge is -2.35. The molecule has 0 fully saturated rings. The standard InChI is InChI=1S/C25H23BrN2O3S/c1-30-18-7-8-21-20(12-18)19-9-10-28(23(29)14-31-13-16-5-3-2-4-6-16)25(24(19)27-21)22-11-17(26)15-32-22/h2-8,11-12,15,25,27H,9-10,13-14H2,1H3/t25-/m0/s1. The van der Waals surface area contributed by atoms with Gasteiger partial charge in [-0.2, -0.15) is 0 Å². The van der Waals surface area contributed by atoms with Gasteiger partial charge in [0, 0.05) is 37.9 Å². The van der Waals surface area contributed by atoms with Gasteiger partial charge in [-0.25, -0.2) is 0 Å². The van der Waals surface area contributed by atoms with E-state index in [1.54, 1.807) is 18.4 Å². The number of rotatable bonds is 6. The van der Waals surface area contributed by atoms with Crippen molar-refractivity contribution in [2.45, 2.75) is 19.1 Å². The van der Waals surface area contributed by atoms with Gasteiger partial charge in [-0.3, -0.25) is 4.79 Å². The van der Waals surface area contributed by atoms with E-state index in [1.165, 1.54) is 5.56 Å². The minimum Gasteiger partial charge on any atom is -0.497 e. The molecule has 0 spiro atoms. The highest BCUT2D eigenvalue weighted by atomic mass is 79.9. The van der Waals surface area contributed by atoms with Crippen LogP contribution in [0.15, 0.2) is 64.5 Å². The van der Waals surface area contributed by atoms with Gasteiger partial charge in [0.25, 0.3) is 0 Å². The van der Waals surface area contributed by atoms with Crippen LogP contribution in [0.3, 0.4) is 0 Å². The Hall–Kier alpha value is -2.61. The molecule has 0 unspecified atom stereocenters. The molecule has 1 N–H and O–H groups in total. The van der Waals surface area contributed by atoms with E-state index in [0.29, 0.717) is 13.2 Å². The molecule has 0 aliphatic carbocycles. The molecule has 1 aliphatic rings. The van der Waals surface area contributed by atoms with Gasteiger partial charge < -0.3 is 19.4 Å². The first-order chi connectivity index (χ1) is 15.6. The highest BCUT2D eigenvalue weighted by molar-refractivity contribution is 9.10. The third-order valence-electron chi connectivity index (χ3n) is 5.85. The van der Waals surface area contributed by atoms with E-state index in [1.807, 2.05) is 47.4 Å². The van der Waals surface area contributed by atoms with Crippen LogP contribution in [-0.2, 0) is 22.6 Å². The first kappa shape index (κ1) is 21.2. The molecule has 5 rings (SSSR count). The summed E-state index contributed by atoms with van der Waals surface area (Å²) in [7, 11) is 1.68. The van der Waals surface area contributed by atoms with E-state index in [9.17, 15) is 4.79 Å². The molecule has 0 radical (unpaired) electrons. The largest absolute Gasteiger partial charge is 0.497 e. The summed E-state index contributed by atoms with van der Waals surface area (Å²) in [6.07, 6.45) is 0.788. The molecule has 2 aromatic heterocycles. The highest BCUT2D eigenvalue weighted by Crippen LogP contribution is 2.41. The van der Waals surface area contributed by atoms with Crippen LogP contribution >= 0.6 is 27.3 Å². The number of fused-ring (bicyclic) bond motifs is 3. The number of halogens is 1. The zero-order valence-corrected chi connectivity index (χ0v) is 20.0. The summed E-state index contributed by atoms with van der Waals surface area (Å²) in [6.45, 7) is 1.12. The maximum atomic E-state index is 13.3. The van der Waals surface area contributed by atoms with Crippen LogP contribution in [0.25, 0.3) is 10.9 Å². The smallest absolute Gasteiger partial charge is 0.249 e. The third kappa shape index (κ3) is 4.08. The number of nitrogens with zero attached hydrogens (tertiary/aromatic N) is 1. The summed E-state index contributed by atoms with van der Waals surface area (Å²) < 4.78 is 12.2. The summed E-state index contributed by atoms with van der Waals surface area (Å²) in [5.74, 6) is 0.833. The van der Waals surface area contributed by atoms with Gasteiger partial charge in [-0.05, 0) is 57.7 Å². The first-order valence-electron chi connectivity index (χ1n) is 10.5. The minimum atomic E-state index is -0.165. The van der Waals surface area contributed by atoms with Crippen LogP contribution in [0.5, 0.6) is 5.75 Å². The molecule has 3 heterocycles. The van der Waals surface area contributed by atoms with Gasteiger partial charge in [-0.15, -0.1) is 11.3 Å². The molecule has 5 nitrogen and oxygen atoms in total. The Balaban J connectivity index is 1.45. The van der Waals surface area contributed by atoms with Gasteiger partial charge in [0.05, 0.1) is 13.7 Å². The van der Waals surface area contributed by atoms with E-state index in [2.05, 4.69) is 38.4 Å². The second kappa shape index (κ2) is 9.10. The number of aromatic amines is 1. The minimum absolute atomic E-state index is 0.00246. The number of ether oxygens (including phenoxy) is 2. The van der Waals surface area contributed by atoms with E-state index < -0.39 is 0 Å². The SMILES string of the molecule is COc1ccc2[nH]c3c(c2c1)CCN(C(=O)COCc1ccccc1)[C@H]3c1cc(Br)cs1. The van der Waals surface area contributed by atoms with Crippen LogP contribution in [-0.4, -0.2) is 36.1 Å². The lowest BCUT2D eigenvalue weighted by Crippen LogP contribution is -2.42. The second-order valence-electron chi connectivity index (χ2n) is 7.81. The van der Waals surface area contributed by atoms with Gasteiger partial charge >= 0.3 is 0 Å². The van der Waals surface area contributed by atoms with Crippen LogP contribution in [0.2, 0.25) is 0 Å². The number of methoxy groups -OCH3 is 1. The molecule has 1 amide bonds. The summed E-state index contributed by atoms with van der Waals surface area (Å²) in [5.41, 5.74) is 4.45. The number of benzene rings is 2. The fourth-order valence-corrected chi connectivity index (χ4v) is 5.91. The zero-order valence-electron chi connectivity index (χ0n) is 17.6. The van der Waals surface area contributed by atoms with Crippen molar-refractivity contribution in [3.05, 3.63) is 86.1 Å². The fraction of sp³-hybridized carbons (Fsp3) is 0.240. The number of carbonyl (C=O) groups is 1. The van der Waals surface area contributed by atoms with Gasteiger partial charge in [0.15, 0.2) is 0 Å². The van der Waals surface area contributed by atoms with Crippen LogP contribution < -0.4 is 4.74 Å². The maximum Gasteiger partial charge on any atom is 0.249 e. The van der Waals surface area contributed by atoms with E-state index in [0.717, 1.165) is 43.7 Å². The summed E-state index contributed by atoms with van der Waals surface area (Å²) in [6, 6.07) is 17.9. The van der Waals surface area contributed by atoms with Crippen molar-refractivity contribution in [3.63, 3.8) is 0 Å². The van der Waals surface area contributed by atoms with Crippen molar-refractivity contribution in [3.8, 4) is 5.75 Å². The number of amides is 1. The molecule has 1 aliphatic heterocycles. The van der Waals surface area contributed by atoms with Crippen molar-refractivity contribution in [2.75, 3.05) is 20.3 Å². The lowest BCUT2D eigenvalue weighted by molar-refractivity contribution is -0.138. The van der Waals surface area contributed by atoms with Gasteiger partial charge in [0.2, 0.25) is 5.91 Å². The number of hydrogen-bond donors (Lipinski definition) is 1. The molecule has 0 saturated carbocycles. The number of nitrogens with one attached hydrogen (secondary N) is 1. The number of thiophene rings is 1. The van der Waals surface area contributed by atoms with Gasteiger partial charge in [0.1, 0.15) is 18.4 Å². The number of aromatic nitrogens is 1. The monoisotopic (exact) mass is 510 g/mol. The molecular weight excluding hydrogens is 488 g/mol. The Morgan fingerprint density at radius 1 is 1.22 bits per heavy atom. The molecule has 7 heteroatoms. The average molecular weight is 511 g/mol. The van der Waals surface area contributed by atoms with Crippen molar-refractivity contribution >= 4 is 44.1 Å². The van der Waals surface area contributed by atoms with E-state index in [-0.39, 0.29) is 18.6 Å². The normalized spacial score (nSPS) is 15.7. The predicted molar refractivity (Wildman–Crippen MR) is 130 cm³/mol. The molecular formula is C25H23BrN2O3S. The fourth-order valence-electron chi connectivity index (χ4n) is 4.34. The molecule has 2 aromatic carbocycles. The first-order valence-corrected chi connectivity index (χ1v) is 12.1. The van der Waals surface area contributed by atoms with Gasteiger partial charge in [-0.1, -0.05) is 30.3 Å². The van der Waals surface area contributed by atoms with Crippen molar-refractivity contribution in [1.29, 1.82) is 0 Å². The maximum absolute atomic E-state index is 13.3. The zero-order chi connectivity index (χ0) is 22.1. The molecule has 32 heavy (non-hydrogen) atoms. The highest BCUT2D eigenvalue weighted by Gasteiger charge is 2.35. The third-order valence-corrected chi connectivity index (χ3v) is 7.59. The number of carbonyl (C=O) groups excluding carboxylic acids is 1. The molecule has 0 saturated heterocycles. The molecule has 164 valence electrons. The molecule has 0 bridgehead atoms. The second-order valence-corrected chi connectivity index (χ2v) is 9.67. The quantitative estimate of drug-likeness (QED) is 0.362. The van der Waals surface area contributed by atoms with Crippen LogP contribution in [0.4, 0.5) is 0 Å². The van der Waals surface area contributed by atoms with Crippen LogP contribution in [0.1, 0.15) is 27.7 Å². The summed E-state index contributed by atoms with van der Waals surface area (Å²) >= 11 is 5.23. The Labute approximate surface area is 199 Å². The van der Waals surface area contributed by atoms with Crippen molar-refractivity contribution in [1.82, 2.24) is 9.88 Å².